The molecule has 1 N–H and O–H groups in total. The van der Waals surface area contributed by atoms with Crippen molar-refractivity contribution in [3.8, 4) is 23.0 Å². The van der Waals surface area contributed by atoms with Gasteiger partial charge in [-0.2, -0.15) is 15.5 Å². The van der Waals surface area contributed by atoms with Crippen LogP contribution < -0.4 is 0 Å². The van der Waals surface area contributed by atoms with Gasteiger partial charge < -0.3 is 0 Å². The first-order valence-electron chi connectivity index (χ1n) is 11.7. The molecule has 7 heteroatoms. The first-order valence-corrected chi connectivity index (χ1v) is 11.7. The fourth-order valence-electron chi connectivity index (χ4n) is 6.22. The van der Waals surface area contributed by atoms with Crippen LogP contribution in [0.1, 0.15) is 36.6 Å². The van der Waals surface area contributed by atoms with Gasteiger partial charge >= 0.3 is 0 Å². The van der Waals surface area contributed by atoms with Gasteiger partial charge in [-0.25, -0.2) is 4.68 Å². The number of benzene rings is 1. The van der Waals surface area contributed by atoms with Crippen molar-refractivity contribution in [3.63, 3.8) is 0 Å². The minimum Gasteiger partial charge on any atom is -0.298 e. The first-order chi connectivity index (χ1) is 16.6. The molecule has 0 saturated heterocycles. The minimum atomic E-state index is -0.626. The van der Waals surface area contributed by atoms with E-state index < -0.39 is 11.3 Å². The number of nitrogens with one attached hydrogen (secondary N) is 1. The lowest BCUT2D eigenvalue weighted by atomic mass is 9.51. The zero-order chi connectivity index (χ0) is 23.3. The van der Waals surface area contributed by atoms with Crippen molar-refractivity contribution in [1.82, 2.24) is 25.0 Å². The Bertz CT molecular complexity index is 1400. The standard InChI is InChI=1S/C27H24N6O/c1-17-23-8-7-22-24(19-15-30-33(16-19)21-9-11-29-12-10-21)31-32-26(22)27(23,13-18(14-28)25(17)34)20-5-3-2-4-6-20/h2-6,9-12,15-18,23H,7-8,13H2,1H3,(H,31,32)/t17-,18?,23-,27-/m0/s1. The summed E-state index contributed by atoms with van der Waals surface area (Å²) < 4.78 is 1.82. The van der Waals surface area contributed by atoms with Crippen molar-refractivity contribution >= 4 is 5.78 Å². The Morgan fingerprint density at radius 1 is 1.18 bits per heavy atom. The summed E-state index contributed by atoms with van der Waals surface area (Å²) in [4.78, 5) is 17.1. The van der Waals surface area contributed by atoms with Gasteiger partial charge in [0.05, 0.1) is 23.6 Å². The summed E-state index contributed by atoms with van der Waals surface area (Å²) in [5, 5.41) is 22.6. The molecule has 1 fully saturated rings. The predicted molar refractivity (Wildman–Crippen MR) is 126 cm³/mol. The fraction of sp³-hybridized carbons (Fsp3) is 0.296. The van der Waals surface area contributed by atoms with Gasteiger partial charge in [0.1, 0.15) is 5.92 Å². The third-order valence-electron chi connectivity index (χ3n) is 7.80. The van der Waals surface area contributed by atoms with E-state index in [4.69, 9.17) is 5.10 Å². The second kappa shape index (κ2) is 7.77. The SMILES string of the molecule is C[C@@H]1C(=O)C(C#N)C[C@@]2(c3ccccc3)c3[nH]nc(-c4cnn(-c5ccncc5)c4)c3CC[C@@H]12. The number of rotatable bonds is 3. The molecule has 0 amide bonds. The van der Waals surface area contributed by atoms with Gasteiger partial charge in [0.15, 0.2) is 5.78 Å². The molecule has 2 aliphatic carbocycles. The van der Waals surface area contributed by atoms with Crippen LogP contribution in [0, 0.1) is 29.1 Å². The van der Waals surface area contributed by atoms with Crippen molar-refractivity contribution in [2.75, 3.05) is 0 Å². The topological polar surface area (TPSA) is 100 Å². The summed E-state index contributed by atoms with van der Waals surface area (Å²) in [6.45, 7) is 2.00. The van der Waals surface area contributed by atoms with Crippen LogP contribution in [0.25, 0.3) is 16.9 Å². The molecule has 3 heterocycles. The number of aromatic nitrogens is 5. The number of aromatic amines is 1. The van der Waals surface area contributed by atoms with Crippen molar-refractivity contribution in [2.45, 2.75) is 31.6 Å². The number of hydrogen-bond donors (Lipinski definition) is 1. The second-order valence-corrected chi connectivity index (χ2v) is 9.36. The van der Waals surface area contributed by atoms with E-state index in [0.29, 0.717) is 6.42 Å². The average molecular weight is 449 g/mol. The Morgan fingerprint density at radius 3 is 2.74 bits per heavy atom. The van der Waals surface area contributed by atoms with Crippen LogP contribution in [0.2, 0.25) is 0 Å². The van der Waals surface area contributed by atoms with Crippen molar-refractivity contribution in [2.24, 2.45) is 17.8 Å². The van der Waals surface area contributed by atoms with Crippen LogP contribution >= 0.6 is 0 Å². The number of H-pyrrole nitrogens is 1. The zero-order valence-electron chi connectivity index (χ0n) is 18.8. The maximum absolute atomic E-state index is 13.0. The smallest absolute Gasteiger partial charge is 0.153 e. The van der Waals surface area contributed by atoms with Gasteiger partial charge in [-0.3, -0.25) is 14.9 Å². The monoisotopic (exact) mass is 448 g/mol. The number of carbonyl (C=O) groups is 1. The molecular weight excluding hydrogens is 424 g/mol. The van der Waals surface area contributed by atoms with Gasteiger partial charge in [0.25, 0.3) is 0 Å². The Morgan fingerprint density at radius 2 is 1.97 bits per heavy atom. The summed E-state index contributed by atoms with van der Waals surface area (Å²) in [7, 11) is 0. The molecule has 4 aromatic rings. The largest absolute Gasteiger partial charge is 0.298 e. The lowest BCUT2D eigenvalue weighted by Crippen LogP contribution is -2.52. The highest BCUT2D eigenvalue weighted by Crippen LogP contribution is 2.56. The van der Waals surface area contributed by atoms with Crippen LogP contribution in [0.3, 0.4) is 0 Å². The highest BCUT2D eigenvalue weighted by molar-refractivity contribution is 5.87. The Labute approximate surface area is 197 Å². The molecular formula is C27H24N6O. The van der Waals surface area contributed by atoms with Crippen LogP contribution in [0.5, 0.6) is 0 Å². The number of nitrogens with zero attached hydrogens (tertiary/aromatic N) is 5. The molecule has 168 valence electrons. The van der Waals surface area contributed by atoms with E-state index in [0.717, 1.165) is 46.6 Å². The van der Waals surface area contributed by atoms with Crippen molar-refractivity contribution < 1.29 is 4.79 Å². The van der Waals surface area contributed by atoms with Crippen LogP contribution in [-0.4, -0.2) is 30.7 Å². The van der Waals surface area contributed by atoms with E-state index in [1.807, 2.05) is 54.3 Å². The van der Waals surface area contributed by atoms with E-state index in [2.05, 4.69) is 33.4 Å². The normalized spacial score (nSPS) is 25.9. The lowest BCUT2D eigenvalue weighted by molar-refractivity contribution is -0.131. The molecule has 6 rings (SSSR count). The molecule has 1 aromatic carbocycles. The highest BCUT2D eigenvalue weighted by Gasteiger charge is 2.56. The third kappa shape index (κ3) is 2.88. The predicted octanol–water partition coefficient (Wildman–Crippen LogP) is 4.25. The van der Waals surface area contributed by atoms with E-state index in [9.17, 15) is 10.1 Å². The molecule has 0 bridgehead atoms. The van der Waals surface area contributed by atoms with Gasteiger partial charge in [-0.1, -0.05) is 37.3 Å². The Kier molecular flexibility index (Phi) is 4.70. The average Bonchev–Trinajstić information content (AvgIpc) is 3.55. The van der Waals surface area contributed by atoms with E-state index in [1.165, 1.54) is 0 Å². The molecule has 0 radical (unpaired) electrons. The van der Waals surface area contributed by atoms with Crippen LogP contribution in [-0.2, 0) is 16.6 Å². The number of Topliss-reactive ketones (excluding diaryl/α,β-unsaturated/α-hetero) is 1. The van der Waals surface area contributed by atoms with Gasteiger partial charge in [0, 0.05) is 46.7 Å². The molecule has 7 nitrogen and oxygen atoms in total. The van der Waals surface area contributed by atoms with E-state index in [1.54, 1.807) is 12.4 Å². The highest BCUT2D eigenvalue weighted by atomic mass is 16.1. The van der Waals surface area contributed by atoms with Gasteiger partial charge in [-0.15, -0.1) is 0 Å². The molecule has 4 atom stereocenters. The molecule has 1 unspecified atom stereocenters. The summed E-state index contributed by atoms with van der Waals surface area (Å²) in [5.74, 6) is -0.625. The maximum Gasteiger partial charge on any atom is 0.153 e. The number of nitriles is 1. The summed E-state index contributed by atoms with van der Waals surface area (Å²) in [6, 6.07) is 16.4. The first kappa shape index (κ1) is 20.5. The summed E-state index contributed by atoms with van der Waals surface area (Å²) in [6.07, 6.45) is 9.49. The van der Waals surface area contributed by atoms with Crippen molar-refractivity contribution in [1.29, 1.82) is 5.26 Å². The van der Waals surface area contributed by atoms with E-state index in [-0.39, 0.29) is 17.6 Å². The van der Waals surface area contributed by atoms with Gasteiger partial charge in [-0.05, 0) is 42.9 Å². The third-order valence-corrected chi connectivity index (χ3v) is 7.80. The minimum absolute atomic E-state index is 0.0703. The zero-order valence-corrected chi connectivity index (χ0v) is 18.8. The Hall–Kier alpha value is -4.05. The number of carbonyl (C=O) groups excluding carboxylic acids is 1. The second-order valence-electron chi connectivity index (χ2n) is 9.36. The number of ketones is 1. The molecule has 0 aliphatic heterocycles. The Balaban J connectivity index is 1.51. The quantitative estimate of drug-likeness (QED) is 0.505. The van der Waals surface area contributed by atoms with Crippen LogP contribution in [0.4, 0.5) is 0 Å². The van der Waals surface area contributed by atoms with Gasteiger partial charge in [0.2, 0.25) is 0 Å². The number of pyridine rings is 1. The molecule has 3 aromatic heterocycles. The number of hydrogen-bond acceptors (Lipinski definition) is 5. The lowest BCUT2D eigenvalue weighted by Gasteiger charge is -2.50. The maximum atomic E-state index is 13.0. The van der Waals surface area contributed by atoms with Crippen LogP contribution in [0.15, 0.2) is 67.3 Å². The summed E-state index contributed by atoms with van der Waals surface area (Å²) in [5.41, 5.74) is 5.66. The number of fused-ring (bicyclic) bond motifs is 3. The van der Waals surface area contributed by atoms with E-state index >= 15 is 0 Å². The summed E-state index contributed by atoms with van der Waals surface area (Å²) >= 11 is 0. The molecule has 0 spiro atoms. The fourth-order valence-corrected chi connectivity index (χ4v) is 6.22. The molecule has 1 saturated carbocycles. The molecule has 34 heavy (non-hydrogen) atoms. The molecule has 2 aliphatic rings. The van der Waals surface area contributed by atoms with Crippen molar-refractivity contribution in [3.05, 3.63) is 84.1 Å².